The van der Waals surface area contributed by atoms with Crippen LogP contribution in [0.25, 0.3) is 0 Å². The van der Waals surface area contributed by atoms with Crippen LogP contribution in [0.1, 0.15) is 44.9 Å². The van der Waals surface area contributed by atoms with Gasteiger partial charge in [0, 0.05) is 42.8 Å². The van der Waals surface area contributed by atoms with Gasteiger partial charge in [-0.2, -0.15) is 0 Å². The molecule has 1 saturated heterocycles. The molecule has 0 spiro atoms. The van der Waals surface area contributed by atoms with E-state index < -0.39 is 12.2 Å². The number of halogens is 1. The van der Waals surface area contributed by atoms with Gasteiger partial charge in [0.25, 0.3) is 5.91 Å². The Morgan fingerprint density at radius 1 is 1.11 bits per heavy atom. The van der Waals surface area contributed by atoms with E-state index in [2.05, 4.69) is 24.1 Å². The first-order chi connectivity index (χ1) is 17.2. The van der Waals surface area contributed by atoms with Crippen molar-refractivity contribution < 1.29 is 23.5 Å². The van der Waals surface area contributed by atoms with E-state index in [0.717, 1.165) is 11.3 Å². The Balaban J connectivity index is 1.48. The first-order valence-corrected chi connectivity index (χ1v) is 12.6. The maximum atomic E-state index is 13.9. The maximum absolute atomic E-state index is 13.9. The fourth-order valence-corrected chi connectivity index (χ4v) is 4.93. The van der Waals surface area contributed by atoms with Crippen LogP contribution in [0.5, 0.6) is 0 Å². The molecule has 8 heteroatoms. The lowest BCUT2D eigenvalue weighted by atomic mass is 9.87. The number of hydrogen-bond donors (Lipinski definition) is 1. The Bertz CT molecular complexity index is 1070. The molecule has 1 N–H and O–H groups in total. The summed E-state index contributed by atoms with van der Waals surface area (Å²) in [7, 11) is 0. The van der Waals surface area contributed by atoms with Crippen molar-refractivity contribution in [2.75, 3.05) is 44.3 Å². The molecule has 7 nitrogen and oxygen atoms in total. The number of carbonyl (C=O) groups is 2. The van der Waals surface area contributed by atoms with Crippen molar-refractivity contribution in [2.45, 2.75) is 45.3 Å². The van der Waals surface area contributed by atoms with E-state index in [-0.39, 0.29) is 29.1 Å². The Kier molecular flexibility index (Phi) is 7.83. The molecule has 0 aromatic heterocycles. The van der Waals surface area contributed by atoms with Crippen molar-refractivity contribution in [3.63, 3.8) is 0 Å². The SMILES string of the molecule is CC(C)[C@@H](CN1CC(C)(C)c2cc(F)ccc21)NC(=O)OC(C(=O)N1CCOCC1)c1ccccc1. The summed E-state index contributed by atoms with van der Waals surface area (Å²) in [6, 6.07) is 13.7. The third-order valence-corrected chi connectivity index (χ3v) is 7.01. The molecule has 1 unspecified atom stereocenters. The maximum Gasteiger partial charge on any atom is 0.408 e. The number of fused-ring (bicyclic) bond motifs is 1. The first-order valence-electron chi connectivity index (χ1n) is 12.6. The number of morpholine rings is 1. The molecule has 2 aliphatic rings. The number of hydrogen-bond acceptors (Lipinski definition) is 5. The van der Waals surface area contributed by atoms with Gasteiger partial charge in [0.05, 0.1) is 19.3 Å². The third-order valence-electron chi connectivity index (χ3n) is 7.01. The second-order valence-corrected chi connectivity index (χ2v) is 10.6. The van der Waals surface area contributed by atoms with Gasteiger partial charge in [-0.05, 0) is 29.7 Å². The summed E-state index contributed by atoms with van der Waals surface area (Å²) in [5.41, 5.74) is 2.37. The van der Waals surface area contributed by atoms with E-state index in [1.54, 1.807) is 23.1 Å². The van der Waals surface area contributed by atoms with E-state index in [0.29, 0.717) is 45.0 Å². The van der Waals surface area contributed by atoms with Crippen molar-refractivity contribution in [2.24, 2.45) is 5.92 Å². The Morgan fingerprint density at radius 2 is 1.81 bits per heavy atom. The molecule has 36 heavy (non-hydrogen) atoms. The molecular weight excluding hydrogens is 461 g/mol. The van der Waals surface area contributed by atoms with Crippen LogP contribution in [0.3, 0.4) is 0 Å². The van der Waals surface area contributed by atoms with E-state index in [9.17, 15) is 14.0 Å². The van der Waals surface area contributed by atoms with Gasteiger partial charge in [-0.25, -0.2) is 9.18 Å². The minimum atomic E-state index is -1.04. The summed E-state index contributed by atoms with van der Waals surface area (Å²) >= 11 is 0. The van der Waals surface area contributed by atoms with Crippen LogP contribution in [0.4, 0.5) is 14.9 Å². The van der Waals surface area contributed by atoms with Crippen LogP contribution in [-0.2, 0) is 19.7 Å². The second-order valence-electron chi connectivity index (χ2n) is 10.6. The van der Waals surface area contributed by atoms with Crippen molar-refractivity contribution in [3.05, 3.63) is 65.5 Å². The summed E-state index contributed by atoms with van der Waals surface area (Å²) in [4.78, 5) is 30.3. The summed E-state index contributed by atoms with van der Waals surface area (Å²) in [6.07, 6.45) is -1.67. The number of amides is 2. The summed E-state index contributed by atoms with van der Waals surface area (Å²) in [6.45, 7) is 11.4. The fourth-order valence-electron chi connectivity index (χ4n) is 4.93. The molecule has 2 aromatic rings. The van der Waals surface area contributed by atoms with E-state index in [1.807, 2.05) is 38.1 Å². The number of rotatable bonds is 7. The fraction of sp³-hybridized carbons (Fsp3) is 0.500. The normalized spacial score (nSPS) is 18.5. The average Bonchev–Trinajstić information content (AvgIpc) is 3.11. The quantitative estimate of drug-likeness (QED) is 0.619. The first kappa shape index (κ1) is 25.9. The molecule has 2 aromatic carbocycles. The minimum absolute atomic E-state index is 0.107. The molecule has 0 radical (unpaired) electrons. The summed E-state index contributed by atoms with van der Waals surface area (Å²) in [5.74, 6) is -0.393. The van der Waals surface area contributed by atoms with Crippen molar-refractivity contribution in [1.29, 1.82) is 0 Å². The lowest BCUT2D eigenvalue weighted by Crippen LogP contribution is -2.49. The number of alkyl carbamates (subject to hydrolysis) is 1. The lowest BCUT2D eigenvalue weighted by molar-refractivity contribution is -0.144. The van der Waals surface area contributed by atoms with Gasteiger partial charge in [-0.1, -0.05) is 58.0 Å². The Morgan fingerprint density at radius 3 is 2.47 bits per heavy atom. The summed E-state index contributed by atoms with van der Waals surface area (Å²) < 4.78 is 25.1. The monoisotopic (exact) mass is 497 g/mol. The van der Waals surface area contributed by atoms with Gasteiger partial charge >= 0.3 is 6.09 Å². The highest BCUT2D eigenvalue weighted by Gasteiger charge is 2.37. The van der Waals surface area contributed by atoms with Crippen LogP contribution >= 0.6 is 0 Å². The molecule has 0 saturated carbocycles. The molecule has 2 heterocycles. The van der Waals surface area contributed by atoms with Gasteiger partial charge in [0.2, 0.25) is 6.10 Å². The number of anilines is 1. The Hall–Kier alpha value is -3.13. The van der Waals surface area contributed by atoms with E-state index in [4.69, 9.17) is 9.47 Å². The van der Waals surface area contributed by atoms with E-state index in [1.165, 1.54) is 6.07 Å². The molecule has 2 amide bonds. The van der Waals surface area contributed by atoms with Crippen LogP contribution in [0.2, 0.25) is 0 Å². The molecule has 194 valence electrons. The predicted octanol–water partition coefficient (Wildman–Crippen LogP) is 4.27. The molecule has 2 atom stereocenters. The number of ether oxygens (including phenoxy) is 2. The molecule has 4 rings (SSSR count). The molecular formula is C28H36FN3O4. The average molecular weight is 498 g/mol. The van der Waals surface area contributed by atoms with Crippen molar-refractivity contribution >= 4 is 17.7 Å². The van der Waals surface area contributed by atoms with Gasteiger partial charge in [-0.15, -0.1) is 0 Å². The topological polar surface area (TPSA) is 71.1 Å². The molecule has 0 bridgehead atoms. The predicted molar refractivity (Wildman–Crippen MR) is 136 cm³/mol. The highest BCUT2D eigenvalue weighted by molar-refractivity contribution is 5.85. The number of benzene rings is 2. The molecule has 0 aliphatic carbocycles. The highest BCUT2D eigenvalue weighted by Crippen LogP contribution is 2.41. The highest BCUT2D eigenvalue weighted by atomic mass is 19.1. The standard InChI is InChI=1S/C28H36FN3O4/c1-19(2)23(17-32-18-28(3,4)22-16-21(29)10-11-24(22)32)30-27(34)36-25(20-8-6-5-7-9-20)26(33)31-12-14-35-15-13-31/h5-11,16,19,23,25H,12-15,17-18H2,1-4H3,(H,30,34)/t23-,25?/m1/s1. The van der Waals surface area contributed by atoms with E-state index >= 15 is 0 Å². The van der Waals surface area contributed by atoms with Gasteiger partial charge in [0.15, 0.2) is 0 Å². The zero-order valence-corrected chi connectivity index (χ0v) is 21.5. The molecule has 2 aliphatic heterocycles. The van der Waals surface area contributed by atoms with Crippen molar-refractivity contribution in [3.8, 4) is 0 Å². The van der Waals surface area contributed by atoms with Gasteiger partial charge in [-0.3, -0.25) is 4.79 Å². The van der Waals surface area contributed by atoms with Crippen LogP contribution in [0, 0.1) is 11.7 Å². The van der Waals surface area contributed by atoms with Crippen molar-refractivity contribution in [1.82, 2.24) is 10.2 Å². The number of nitrogens with zero attached hydrogens (tertiary/aromatic N) is 2. The van der Waals surface area contributed by atoms with Crippen LogP contribution in [0.15, 0.2) is 48.5 Å². The zero-order chi connectivity index (χ0) is 25.9. The van der Waals surface area contributed by atoms with Gasteiger partial charge < -0.3 is 24.6 Å². The zero-order valence-electron chi connectivity index (χ0n) is 21.5. The number of nitrogens with one attached hydrogen (secondary N) is 1. The summed E-state index contributed by atoms with van der Waals surface area (Å²) in [5, 5.41) is 3.00. The molecule has 1 fully saturated rings. The third kappa shape index (κ3) is 5.81. The minimum Gasteiger partial charge on any atom is -0.431 e. The van der Waals surface area contributed by atoms with Gasteiger partial charge in [0.1, 0.15) is 5.82 Å². The number of carbonyl (C=O) groups excluding carboxylic acids is 2. The lowest BCUT2D eigenvalue weighted by Gasteiger charge is -2.32. The second kappa shape index (κ2) is 10.9. The van der Waals surface area contributed by atoms with Crippen LogP contribution in [-0.4, -0.2) is 62.3 Å². The smallest absolute Gasteiger partial charge is 0.408 e. The Labute approximate surface area is 212 Å². The van der Waals surface area contributed by atoms with Crippen LogP contribution < -0.4 is 10.2 Å². The largest absolute Gasteiger partial charge is 0.431 e.